The number of Topliss-reactive ketones (excluding diaryl/α,β-unsaturated/α-hetero) is 1. The molecule has 37 heavy (non-hydrogen) atoms. The second-order valence-electron chi connectivity index (χ2n) is 9.40. The normalized spacial score (nSPS) is 13.7. The van der Waals surface area contributed by atoms with E-state index in [0.29, 0.717) is 45.1 Å². The third-order valence-corrected chi connectivity index (χ3v) is 6.52. The summed E-state index contributed by atoms with van der Waals surface area (Å²) >= 11 is 0. The van der Waals surface area contributed by atoms with E-state index in [0.717, 1.165) is 0 Å². The highest BCUT2D eigenvalue weighted by molar-refractivity contribution is 6.27. The van der Waals surface area contributed by atoms with Gasteiger partial charge in [0.15, 0.2) is 5.78 Å². The third-order valence-electron chi connectivity index (χ3n) is 6.52. The number of aromatic nitrogens is 3. The van der Waals surface area contributed by atoms with Crippen LogP contribution < -0.4 is 0 Å². The number of ether oxygens (including phenoxy) is 1. The van der Waals surface area contributed by atoms with E-state index in [1.54, 1.807) is 48.0 Å². The topological polar surface area (TPSA) is 80.2 Å². The first-order valence-electron chi connectivity index (χ1n) is 11.9. The van der Waals surface area contributed by atoms with E-state index in [9.17, 15) is 14.0 Å². The largest absolute Gasteiger partial charge is 0.460 e. The van der Waals surface area contributed by atoms with Crippen LogP contribution in [0.4, 0.5) is 8.78 Å². The zero-order valence-electron chi connectivity index (χ0n) is 20.8. The first kappa shape index (κ1) is 24.6. The number of aryl methyl sites for hydroxylation is 1. The van der Waals surface area contributed by atoms with Gasteiger partial charge in [-0.25, -0.2) is 13.6 Å². The van der Waals surface area contributed by atoms with Crippen LogP contribution in [0.1, 0.15) is 33.6 Å². The molecule has 1 aliphatic rings. The number of nitrogens with one attached hydrogen (secondary N) is 1. The van der Waals surface area contributed by atoms with E-state index in [1.807, 2.05) is 19.0 Å². The number of rotatable bonds is 7. The molecular weight excluding hydrogens is 478 g/mol. The summed E-state index contributed by atoms with van der Waals surface area (Å²) in [6.07, 6.45) is 6.90. The van der Waals surface area contributed by atoms with Gasteiger partial charge in [0.25, 0.3) is 0 Å². The molecule has 5 rings (SSSR count). The Balaban J connectivity index is 1.76. The van der Waals surface area contributed by atoms with Gasteiger partial charge in [0.2, 0.25) is 0 Å². The van der Waals surface area contributed by atoms with Gasteiger partial charge in [-0.2, -0.15) is 5.10 Å². The summed E-state index contributed by atoms with van der Waals surface area (Å²) in [6.45, 7) is 2.14. The quantitative estimate of drug-likeness (QED) is 0.367. The lowest BCUT2D eigenvalue weighted by Gasteiger charge is -2.15. The Labute approximate surface area is 212 Å². The number of aromatic amines is 1. The molecule has 2 heterocycles. The van der Waals surface area contributed by atoms with Gasteiger partial charge in [0, 0.05) is 40.4 Å². The van der Waals surface area contributed by atoms with Gasteiger partial charge in [-0.3, -0.25) is 9.89 Å². The molecule has 0 fully saturated rings. The fourth-order valence-corrected chi connectivity index (χ4v) is 4.58. The monoisotopic (exact) mass is 504 g/mol. The molecule has 0 bridgehead atoms. The number of ketones is 1. The smallest absolute Gasteiger partial charge is 0.355 e. The molecule has 0 spiro atoms. The summed E-state index contributed by atoms with van der Waals surface area (Å²) in [5.74, 6) is -1.81. The van der Waals surface area contributed by atoms with E-state index < -0.39 is 17.6 Å². The van der Waals surface area contributed by atoms with Crippen molar-refractivity contribution < 1.29 is 23.1 Å². The molecule has 7 nitrogen and oxygen atoms in total. The van der Waals surface area contributed by atoms with Gasteiger partial charge in [-0.1, -0.05) is 18.2 Å². The molecule has 0 unspecified atom stereocenters. The molecule has 1 N–H and O–H groups in total. The van der Waals surface area contributed by atoms with Crippen LogP contribution in [0.2, 0.25) is 0 Å². The number of H-pyrrole nitrogens is 1. The summed E-state index contributed by atoms with van der Waals surface area (Å²) in [4.78, 5) is 28.4. The van der Waals surface area contributed by atoms with E-state index in [4.69, 9.17) is 4.74 Å². The highest BCUT2D eigenvalue weighted by Gasteiger charge is 2.30. The van der Waals surface area contributed by atoms with Crippen LogP contribution in [0.15, 0.2) is 48.7 Å². The lowest BCUT2D eigenvalue weighted by atomic mass is 9.93. The maximum atomic E-state index is 15.1. The van der Waals surface area contributed by atoms with Crippen LogP contribution in [0.3, 0.4) is 0 Å². The van der Waals surface area contributed by atoms with Crippen LogP contribution in [0, 0.1) is 18.6 Å². The van der Waals surface area contributed by atoms with Crippen molar-refractivity contribution in [1.29, 1.82) is 0 Å². The van der Waals surface area contributed by atoms with Crippen molar-refractivity contribution in [3.8, 4) is 0 Å². The molecule has 0 aliphatic heterocycles. The average molecular weight is 505 g/mol. The van der Waals surface area contributed by atoms with E-state index in [-0.39, 0.29) is 36.6 Å². The maximum Gasteiger partial charge on any atom is 0.355 e. The minimum atomic E-state index is -0.667. The van der Waals surface area contributed by atoms with Gasteiger partial charge in [0.1, 0.15) is 23.9 Å². The molecule has 9 heteroatoms. The summed E-state index contributed by atoms with van der Waals surface area (Å²) in [5, 5.41) is 7.91. The zero-order valence-corrected chi connectivity index (χ0v) is 20.8. The average Bonchev–Trinajstić information content (AvgIpc) is 3.42. The first-order chi connectivity index (χ1) is 17.7. The van der Waals surface area contributed by atoms with Gasteiger partial charge in [-0.05, 0) is 50.8 Å². The second-order valence-corrected chi connectivity index (χ2v) is 9.40. The summed E-state index contributed by atoms with van der Waals surface area (Å²) < 4.78 is 37.1. The summed E-state index contributed by atoms with van der Waals surface area (Å²) in [7, 11) is 3.71. The molecule has 1 aliphatic carbocycles. The lowest BCUT2D eigenvalue weighted by molar-refractivity contribution is -0.113. The number of carbonyl (C=O) groups is 2. The zero-order chi connectivity index (χ0) is 26.3. The van der Waals surface area contributed by atoms with E-state index in [2.05, 4.69) is 10.2 Å². The van der Waals surface area contributed by atoms with E-state index >= 15 is 4.39 Å². The number of carbonyl (C=O) groups excluding carboxylic acids is 2. The second kappa shape index (κ2) is 9.74. The lowest BCUT2D eigenvalue weighted by Crippen LogP contribution is -2.22. The number of fused-ring (bicyclic) bond motifs is 2. The van der Waals surface area contributed by atoms with Crippen molar-refractivity contribution in [3.05, 3.63) is 82.7 Å². The predicted octanol–water partition coefficient (Wildman–Crippen LogP) is 4.78. The van der Waals surface area contributed by atoms with Crippen molar-refractivity contribution >= 4 is 39.1 Å². The Morgan fingerprint density at radius 2 is 2.00 bits per heavy atom. The summed E-state index contributed by atoms with van der Waals surface area (Å²) in [5.41, 5.74) is 2.34. The number of nitrogens with zero attached hydrogens (tertiary/aromatic N) is 3. The standard InChI is InChI=1S/C28H26F2N4O3/c1-16-10-20-24(13-21(16)29)34(15-18-11-17-14-31-32-23(17)12-22(18)30)27(28(36)37-9-8-33(2)3)26(20)19-6-4-5-7-25(19)35/h4-6,10-14H,7-9,15H2,1-3H3,(H,31,32). The number of hydrogen-bond acceptors (Lipinski definition) is 5. The number of benzene rings is 2. The van der Waals surface area contributed by atoms with Crippen LogP contribution in [-0.4, -0.2) is 58.7 Å². The SMILES string of the molecule is Cc1cc2c(C3=CC=CCC3=O)c(C(=O)OCCN(C)C)n(Cc3cc4cn[nH]c4cc3F)c2cc1F. The minimum Gasteiger partial charge on any atom is -0.460 e. The molecule has 0 saturated heterocycles. The van der Waals surface area contributed by atoms with Crippen LogP contribution in [-0.2, 0) is 16.1 Å². The first-order valence-corrected chi connectivity index (χ1v) is 11.9. The fourth-order valence-electron chi connectivity index (χ4n) is 4.58. The number of likely N-dealkylation sites (N-methyl/N-ethyl adjacent to an activating group) is 1. The highest BCUT2D eigenvalue weighted by atomic mass is 19.1. The maximum absolute atomic E-state index is 15.1. The van der Waals surface area contributed by atoms with Gasteiger partial charge < -0.3 is 14.2 Å². The Kier molecular flexibility index (Phi) is 6.47. The molecule has 0 atom stereocenters. The number of esters is 1. The van der Waals surface area contributed by atoms with Gasteiger partial charge in [-0.15, -0.1) is 0 Å². The molecule has 0 amide bonds. The number of halogens is 2. The minimum absolute atomic E-state index is 0.0820. The third kappa shape index (κ3) is 4.58. The van der Waals surface area contributed by atoms with Crippen molar-refractivity contribution in [2.75, 3.05) is 27.2 Å². The Bertz CT molecular complexity index is 1610. The number of allylic oxidation sites excluding steroid dienone is 4. The van der Waals surface area contributed by atoms with Crippen LogP contribution >= 0.6 is 0 Å². The molecule has 4 aromatic rings. The van der Waals surface area contributed by atoms with Gasteiger partial charge >= 0.3 is 5.97 Å². The number of hydrogen-bond donors (Lipinski definition) is 1. The Morgan fingerprint density at radius 3 is 2.76 bits per heavy atom. The molecule has 0 saturated carbocycles. The summed E-state index contributed by atoms with van der Waals surface area (Å²) in [6, 6.07) is 5.92. The van der Waals surface area contributed by atoms with Crippen LogP contribution in [0.25, 0.3) is 27.4 Å². The Morgan fingerprint density at radius 1 is 1.19 bits per heavy atom. The molecular formula is C28H26F2N4O3. The van der Waals surface area contributed by atoms with Crippen molar-refractivity contribution in [3.63, 3.8) is 0 Å². The molecule has 0 radical (unpaired) electrons. The molecule has 190 valence electrons. The van der Waals surface area contributed by atoms with Crippen LogP contribution in [0.5, 0.6) is 0 Å². The van der Waals surface area contributed by atoms with E-state index in [1.165, 1.54) is 12.1 Å². The molecule has 2 aromatic carbocycles. The van der Waals surface area contributed by atoms with Gasteiger partial charge in [0.05, 0.1) is 23.8 Å². The highest BCUT2D eigenvalue weighted by Crippen LogP contribution is 2.37. The fraction of sp³-hybridized carbons (Fsp3) is 0.250. The van der Waals surface area contributed by atoms with Crippen molar-refractivity contribution in [2.45, 2.75) is 19.9 Å². The predicted molar refractivity (Wildman–Crippen MR) is 137 cm³/mol. The Hall–Kier alpha value is -4.11. The molecule has 2 aromatic heterocycles. The van der Waals surface area contributed by atoms with Crippen molar-refractivity contribution in [1.82, 2.24) is 19.7 Å². The van der Waals surface area contributed by atoms with Crippen molar-refractivity contribution in [2.24, 2.45) is 0 Å².